The van der Waals surface area contributed by atoms with Crippen LogP contribution in [0.25, 0.3) is 0 Å². The topological polar surface area (TPSA) is 46.1 Å². The standard InChI is InChI=1S/C19H29N3O2/c1-20-19(21-12-18-8-5-11-24-18)22-10-9-17(13-22)15-23-14-16-6-3-2-4-7-16/h2-4,6-7,17-18H,5,8-15H2,1H3,(H,20,21). The summed E-state index contributed by atoms with van der Waals surface area (Å²) < 4.78 is 11.6. The number of nitrogens with zero attached hydrogens (tertiary/aromatic N) is 2. The van der Waals surface area contributed by atoms with Crippen LogP contribution in [0.5, 0.6) is 0 Å². The first-order valence-corrected chi connectivity index (χ1v) is 9.04. The van der Waals surface area contributed by atoms with Crippen LogP contribution in [-0.4, -0.2) is 56.9 Å². The molecule has 0 aromatic heterocycles. The van der Waals surface area contributed by atoms with Crippen molar-refractivity contribution < 1.29 is 9.47 Å². The van der Waals surface area contributed by atoms with Crippen molar-refractivity contribution in [1.82, 2.24) is 10.2 Å². The third-order valence-corrected chi connectivity index (χ3v) is 4.77. The van der Waals surface area contributed by atoms with Crippen molar-refractivity contribution in [2.45, 2.75) is 32.0 Å². The average molecular weight is 331 g/mol. The summed E-state index contributed by atoms with van der Waals surface area (Å²) in [5.74, 6) is 1.58. The van der Waals surface area contributed by atoms with Crippen molar-refractivity contribution in [3.8, 4) is 0 Å². The predicted octanol–water partition coefficient (Wildman–Crippen LogP) is 2.28. The van der Waals surface area contributed by atoms with Gasteiger partial charge in [-0.2, -0.15) is 0 Å². The molecule has 2 unspecified atom stereocenters. The van der Waals surface area contributed by atoms with Crippen LogP contribution in [0.3, 0.4) is 0 Å². The molecule has 2 fully saturated rings. The van der Waals surface area contributed by atoms with Gasteiger partial charge in [0.25, 0.3) is 0 Å². The largest absolute Gasteiger partial charge is 0.376 e. The second kappa shape index (κ2) is 9.04. The Morgan fingerprint density at radius 3 is 2.96 bits per heavy atom. The van der Waals surface area contributed by atoms with Crippen LogP contribution < -0.4 is 5.32 Å². The molecule has 5 heteroatoms. The van der Waals surface area contributed by atoms with Gasteiger partial charge in [0.05, 0.1) is 19.3 Å². The number of hydrogen-bond acceptors (Lipinski definition) is 3. The van der Waals surface area contributed by atoms with Crippen LogP contribution in [0.1, 0.15) is 24.8 Å². The molecule has 0 saturated carbocycles. The van der Waals surface area contributed by atoms with Crippen LogP contribution in [0.4, 0.5) is 0 Å². The van der Waals surface area contributed by atoms with Gasteiger partial charge in [-0.25, -0.2) is 0 Å². The zero-order chi connectivity index (χ0) is 16.6. The fourth-order valence-corrected chi connectivity index (χ4v) is 3.42. The molecule has 0 bridgehead atoms. The van der Waals surface area contributed by atoms with E-state index in [4.69, 9.17) is 9.47 Å². The molecule has 2 atom stereocenters. The normalized spacial score (nSPS) is 24.5. The van der Waals surface area contributed by atoms with E-state index < -0.39 is 0 Å². The lowest BCUT2D eigenvalue weighted by Crippen LogP contribution is -2.43. The first-order chi connectivity index (χ1) is 11.8. The van der Waals surface area contributed by atoms with Crippen molar-refractivity contribution in [2.75, 3.05) is 39.9 Å². The van der Waals surface area contributed by atoms with E-state index in [0.717, 1.165) is 51.6 Å². The maximum absolute atomic E-state index is 5.90. The molecule has 24 heavy (non-hydrogen) atoms. The van der Waals surface area contributed by atoms with Gasteiger partial charge in [-0.05, 0) is 24.8 Å². The molecule has 1 aromatic rings. The fourth-order valence-electron chi connectivity index (χ4n) is 3.42. The molecule has 1 N–H and O–H groups in total. The molecule has 5 nitrogen and oxygen atoms in total. The minimum atomic E-state index is 0.342. The van der Waals surface area contributed by atoms with Gasteiger partial charge in [0.1, 0.15) is 0 Å². The third-order valence-electron chi connectivity index (χ3n) is 4.77. The quantitative estimate of drug-likeness (QED) is 0.642. The Labute approximate surface area is 145 Å². The molecular formula is C19H29N3O2. The number of likely N-dealkylation sites (tertiary alicyclic amines) is 1. The highest BCUT2D eigenvalue weighted by molar-refractivity contribution is 5.80. The van der Waals surface area contributed by atoms with Crippen LogP contribution in [-0.2, 0) is 16.1 Å². The van der Waals surface area contributed by atoms with Crippen molar-refractivity contribution in [3.05, 3.63) is 35.9 Å². The fraction of sp³-hybridized carbons (Fsp3) is 0.632. The highest BCUT2D eigenvalue weighted by atomic mass is 16.5. The van der Waals surface area contributed by atoms with Crippen LogP contribution >= 0.6 is 0 Å². The van der Waals surface area contributed by atoms with Gasteiger partial charge in [0, 0.05) is 39.2 Å². The molecule has 2 aliphatic rings. The molecule has 0 radical (unpaired) electrons. The summed E-state index contributed by atoms with van der Waals surface area (Å²) in [6.45, 7) is 5.33. The summed E-state index contributed by atoms with van der Waals surface area (Å²) in [5.41, 5.74) is 1.24. The number of benzene rings is 1. The highest BCUT2D eigenvalue weighted by Crippen LogP contribution is 2.18. The van der Waals surface area contributed by atoms with Crippen LogP contribution in [0.2, 0.25) is 0 Å². The lowest BCUT2D eigenvalue weighted by Gasteiger charge is -2.23. The number of guanidine groups is 1. The smallest absolute Gasteiger partial charge is 0.193 e. The zero-order valence-corrected chi connectivity index (χ0v) is 14.6. The molecule has 1 aromatic carbocycles. The lowest BCUT2D eigenvalue weighted by atomic mass is 10.1. The van der Waals surface area contributed by atoms with Crippen molar-refractivity contribution >= 4 is 5.96 Å². The second-order valence-corrected chi connectivity index (χ2v) is 6.66. The van der Waals surface area contributed by atoms with E-state index in [2.05, 4.69) is 39.5 Å². The molecule has 2 heterocycles. The van der Waals surface area contributed by atoms with E-state index in [-0.39, 0.29) is 0 Å². The van der Waals surface area contributed by atoms with Gasteiger partial charge in [0.2, 0.25) is 0 Å². The summed E-state index contributed by atoms with van der Waals surface area (Å²) in [6, 6.07) is 10.4. The minimum Gasteiger partial charge on any atom is -0.376 e. The average Bonchev–Trinajstić information content (AvgIpc) is 3.29. The van der Waals surface area contributed by atoms with Crippen LogP contribution in [0.15, 0.2) is 35.3 Å². The van der Waals surface area contributed by atoms with Gasteiger partial charge < -0.3 is 19.7 Å². The molecule has 3 rings (SSSR count). The van der Waals surface area contributed by atoms with Crippen LogP contribution in [0, 0.1) is 5.92 Å². The summed E-state index contributed by atoms with van der Waals surface area (Å²) in [5, 5.41) is 3.47. The maximum atomic E-state index is 5.90. The van der Waals surface area contributed by atoms with E-state index >= 15 is 0 Å². The first-order valence-electron chi connectivity index (χ1n) is 9.04. The second-order valence-electron chi connectivity index (χ2n) is 6.66. The van der Waals surface area contributed by atoms with Crippen molar-refractivity contribution in [1.29, 1.82) is 0 Å². The molecule has 132 valence electrons. The molecular weight excluding hydrogens is 302 g/mol. The molecule has 2 saturated heterocycles. The van der Waals surface area contributed by atoms with Gasteiger partial charge in [-0.15, -0.1) is 0 Å². The third kappa shape index (κ3) is 4.95. The summed E-state index contributed by atoms with van der Waals surface area (Å²) in [7, 11) is 1.86. The number of hydrogen-bond donors (Lipinski definition) is 1. The Morgan fingerprint density at radius 2 is 2.21 bits per heavy atom. The Morgan fingerprint density at radius 1 is 1.33 bits per heavy atom. The number of aliphatic imine (C=N–C) groups is 1. The van der Waals surface area contributed by atoms with E-state index in [1.54, 1.807) is 0 Å². The summed E-state index contributed by atoms with van der Waals surface area (Å²) in [6.07, 6.45) is 3.83. The van der Waals surface area contributed by atoms with Gasteiger partial charge in [-0.1, -0.05) is 30.3 Å². The van der Waals surface area contributed by atoms with Crippen molar-refractivity contribution in [3.63, 3.8) is 0 Å². The Balaban J connectivity index is 1.37. The van der Waals surface area contributed by atoms with E-state index in [1.807, 2.05) is 13.1 Å². The first kappa shape index (κ1) is 17.2. The SMILES string of the molecule is CN=C(NCC1CCCO1)N1CCC(COCc2ccccc2)C1. The maximum Gasteiger partial charge on any atom is 0.193 e. The number of nitrogens with one attached hydrogen (secondary N) is 1. The van der Waals surface area contributed by atoms with Gasteiger partial charge in [0.15, 0.2) is 5.96 Å². The molecule has 2 aliphatic heterocycles. The van der Waals surface area contributed by atoms with Crippen molar-refractivity contribution in [2.24, 2.45) is 10.9 Å². The highest BCUT2D eigenvalue weighted by Gasteiger charge is 2.25. The molecule has 0 aliphatic carbocycles. The zero-order valence-electron chi connectivity index (χ0n) is 14.6. The van der Waals surface area contributed by atoms with Gasteiger partial charge >= 0.3 is 0 Å². The monoisotopic (exact) mass is 331 g/mol. The Kier molecular flexibility index (Phi) is 6.49. The lowest BCUT2D eigenvalue weighted by molar-refractivity contribution is 0.0905. The Hall–Kier alpha value is -1.59. The molecule has 0 spiro atoms. The van der Waals surface area contributed by atoms with Gasteiger partial charge in [-0.3, -0.25) is 4.99 Å². The predicted molar refractivity (Wildman–Crippen MR) is 96.1 cm³/mol. The summed E-state index contributed by atoms with van der Waals surface area (Å²) >= 11 is 0. The Bertz CT molecular complexity index is 515. The number of rotatable bonds is 6. The van der Waals surface area contributed by atoms with E-state index in [0.29, 0.717) is 18.6 Å². The van der Waals surface area contributed by atoms with E-state index in [9.17, 15) is 0 Å². The number of ether oxygens (including phenoxy) is 2. The minimum absolute atomic E-state index is 0.342. The molecule has 0 amide bonds. The van der Waals surface area contributed by atoms with E-state index in [1.165, 1.54) is 12.0 Å². The summed E-state index contributed by atoms with van der Waals surface area (Å²) in [4.78, 5) is 6.77.